The van der Waals surface area contributed by atoms with Gasteiger partial charge in [0.2, 0.25) is 11.8 Å². The first-order chi connectivity index (χ1) is 27.6. The highest BCUT2D eigenvalue weighted by Crippen LogP contribution is 2.36. The van der Waals surface area contributed by atoms with E-state index < -0.39 is 0 Å². The minimum Gasteiger partial charge on any atom is -0.474 e. The molecule has 11 nitrogen and oxygen atoms in total. The third-order valence-corrected chi connectivity index (χ3v) is 12.2. The Morgan fingerprint density at radius 1 is 0.982 bits per heavy atom. The van der Waals surface area contributed by atoms with Crippen molar-refractivity contribution < 1.29 is 19.1 Å². The smallest absolute Gasteiger partial charge is 0.237 e. The summed E-state index contributed by atoms with van der Waals surface area (Å²) in [5.74, 6) is 2.28. The van der Waals surface area contributed by atoms with Gasteiger partial charge in [0.15, 0.2) is 11.6 Å². The van der Waals surface area contributed by atoms with E-state index in [9.17, 15) is 14.4 Å². The van der Waals surface area contributed by atoms with Gasteiger partial charge in [0.25, 0.3) is 0 Å². The number of hydrogen-bond acceptors (Lipinski definition) is 10. The van der Waals surface area contributed by atoms with Gasteiger partial charge in [-0.1, -0.05) is 36.9 Å². The second-order valence-electron chi connectivity index (χ2n) is 16.0. The lowest BCUT2D eigenvalue weighted by atomic mass is 9.86. The number of ketones is 2. The number of piperidine rings is 3. The molecule has 4 aliphatic rings. The van der Waals surface area contributed by atoms with Crippen LogP contribution in [0.5, 0.6) is 5.88 Å². The number of Topliss-reactive ketones (excluding diaryl/α,β-unsaturated/α-hetero) is 2. The molecule has 0 saturated carbocycles. The van der Waals surface area contributed by atoms with Crippen molar-refractivity contribution >= 4 is 40.2 Å². The van der Waals surface area contributed by atoms with Gasteiger partial charge in [-0.3, -0.25) is 14.4 Å². The van der Waals surface area contributed by atoms with Crippen molar-refractivity contribution in [3.63, 3.8) is 0 Å². The second kappa shape index (κ2) is 17.9. The number of aliphatic imine (C=N–C) groups is 1. The van der Waals surface area contributed by atoms with E-state index in [1.807, 2.05) is 53.6 Å². The average Bonchev–Trinajstić information content (AvgIpc) is 3.22. The number of aromatic nitrogens is 1. The highest BCUT2D eigenvalue weighted by atomic mass is 16.5. The number of nitrogens with one attached hydrogen (secondary N) is 2. The number of ether oxygens (including phenoxy) is 1. The molecule has 2 aromatic carbocycles. The Morgan fingerprint density at radius 3 is 2.42 bits per heavy atom. The van der Waals surface area contributed by atoms with Gasteiger partial charge in [0, 0.05) is 55.1 Å². The molecule has 0 bridgehead atoms. The molecule has 3 saturated heterocycles. The molecule has 11 heteroatoms. The maximum atomic E-state index is 13.3. The first-order valence-corrected chi connectivity index (χ1v) is 20.6. The SMILES string of the molecule is C=C(/N=C1/CN(c2cnc3c(c2C)NCCO3)CC/C1=C/C)Nc1ccc(CC(=O)N2CCC(CN3CCC(c4ccc(C(C)=O)c(C(C)=O)c4)CC3)CC2)cc1. The van der Waals surface area contributed by atoms with Gasteiger partial charge in [0.1, 0.15) is 18.1 Å². The Kier molecular flexibility index (Phi) is 12.5. The summed E-state index contributed by atoms with van der Waals surface area (Å²) in [5.41, 5.74) is 9.49. The topological polar surface area (TPSA) is 119 Å². The van der Waals surface area contributed by atoms with Crippen molar-refractivity contribution in [3.8, 4) is 5.88 Å². The van der Waals surface area contributed by atoms with Crippen LogP contribution in [0.4, 0.5) is 17.1 Å². The molecule has 2 N–H and O–H groups in total. The number of hydrogen-bond donors (Lipinski definition) is 2. The molecule has 1 aromatic heterocycles. The Hall–Kier alpha value is -5.29. The van der Waals surface area contributed by atoms with Crippen LogP contribution in [0.1, 0.15) is 96.2 Å². The maximum Gasteiger partial charge on any atom is 0.237 e. The minimum absolute atomic E-state index is 0.0561. The molecule has 7 rings (SSSR count). The van der Waals surface area contributed by atoms with Crippen LogP contribution in [0.2, 0.25) is 0 Å². The molecule has 0 radical (unpaired) electrons. The summed E-state index contributed by atoms with van der Waals surface area (Å²) in [4.78, 5) is 54.0. The van der Waals surface area contributed by atoms with Crippen LogP contribution in [0.25, 0.3) is 0 Å². The molecule has 0 spiro atoms. The molecule has 300 valence electrons. The summed E-state index contributed by atoms with van der Waals surface area (Å²) < 4.78 is 5.74. The maximum absolute atomic E-state index is 13.3. The van der Waals surface area contributed by atoms with E-state index in [1.54, 1.807) is 0 Å². The van der Waals surface area contributed by atoms with Crippen LogP contribution in [-0.4, -0.2) is 96.9 Å². The first kappa shape index (κ1) is 39.9. The van der Waals surface area contributed by atoms with E-state index in [1.165, 1.54) is 19.4 Å². The number of carbonyl (C=O) groups is 3. The molecule has 4 aliphatic heterocycles. The molecule has 3 fully saturated rings. The summed E-state index contributed by atoms with van der Waals surface area (Å²) >= 11 is 0. The zero-order valence-corrected chi connectivity index (χ0v) is 34.0. The van der Waals surface area contributed by atoms with Gasteiger partial charge < -0.3 is 30.1 Å². The van der Waals surface area contributed by atoms with Crippen molar-refractivity contribution in [2.24, 2.45) is 10.9 Å². The van der Waals surface area contributed by atoms with E-state index in [0.717, 1.165) is 117 Å². The lowest BCUT2D eigenvalue weighted by Crippen LogP contribution is -2.43. The van der Waals surface area contributed by atoms with E-state index >= 15 is 0 Å². The lowest BCUT2D eigenvalue weighted by molar-refractivity contribution is -0.131. The molecule has 0 atom stereocenters. The zero-order chi connectivity index (χ0) is 40.1. The van der Waals surface area contributed by atoms with Gasteiger partial charge >= 0.3 is 0 Å². The van der Waals surface area contributed by atoms with Crippen LogP contribution in [-0.2, 0) is 11.2 Å². The molecular formula is C46H57N7O4. The second-order valence-corrected chi connectivity index (χ2v) is 16.0. The quantitative estimate of drug-likeness (QED) is 0.192. The summed E-state index contributed by atoms with van der Waals surface area (Å²) in [5, 5.41) is 6.80. The highest BCUT2D eigenvalue weighted by Gasteiger charge is 2.28. The Labute approximate surface area is 337 Å². The van der Waals surface area contributed by atoms with Crippen LogP contribution in [0, 0.1) is 12.8 Å². The average molecular weight is 772 g/mol. The number of carbonyl (C=O) groups excluding carboxylic acids is 3. The molecule has 5 heterocycles. The zero-order valence-electron chi connectivity index (χ0n) is 34.0. The lowest BCUT2D eigenvalue weighted by Gasteiger charge is -2.38. The number of allylic oxidation sites excluding steroid dienone is 1. The van der Waals surface area contributed by atoms with Gasteiger partial charge in [0.05, 0.1) is 30.6 Å². The van der Waals surface area contributed by atoms with E-state index in [0.29, 0.717) is 54.2 Å². The minimum atomic E-state index is -0.0678. The number of pyridine rings is 1. The number of nitrogens with zero attached hydrogens (tertiary/aromatic N) is 5. The van der Waals surface area contributed by atoms with Gasteiger partial charge in [-0.25, -0.2) is 9.98 Å². The van der Waals surface area contributed by atoms with E-state index in [-0.39, 0.29) is 17.5 Å². The molecule has 0 unspecified atom stereocenters. The number of benzene rings is 2. The summed E-state index contributed by atoms with van der Waals surface area (Å²) in [7, 11) is 0. The number of anilines is 3. The predicted molar refractivity (Wildman–Crippen MR) is 228 cm³/mol. The van der Waals surface area contributed by atoms with Gasteiger partial charge in [-0.05, 0) is 120 Å². The van der Waals surface area contributed by atoms with Crippen LogP contribution in [0.3, 0.4) is 0 Å². The van der Waals surface area contributed by atoms with Gasteiger partial charge in [-0.15, -0.1) is 0 Å². The number of amides is 1. The Balaban J connectivity index is 0.855. The van der Waals surface area contributed by atoms with Crippen molar-refractivity contribution in [2.75, 3.05) is 74.5 Å². The number of rotatable bonds is 11. The van der Waals surface area contributed by atoms with E-state index in [4.69, 9.17) is 9.73 Å². The highest BCUT2D eigenvalue weighted by molar-refractivity contribution is 6.07. The fourth-order valence-electron chi connectivity index (χ4n) is 8.86. The summed E-state index contributed by atoms with van der Waals surface area (Å²) in [6.07, 6.45) is 9.46. The summed E-state index contributed by atoms with van der Waals surface area (Å²) in [6, 6.07) is 13.8. The first-order valence-electron chi connectivity index (χ1n) is 20.6. The van der Waals surface area contributed by atoms with Crippen molar-refractivity contribution in [3.05, 3.63) is 101 Å². The molecule has 57 heavy (non-hydrogen) atoms. The van der Waals surface area contributed by atoms with E-state index in [2.05, 4.69) is 51.9 Å². The summed E-state index contributed by atoms with van der Waals surface area (Å²) in [6.45, 7) is 19.1. The van der Waals surface area contributed by atoms with Crippen molar-refractivity contribution in [2.45, 2.75) is 72.1 Å². The molecular weight excluding hydrogens is 715 g/mol. The third kappa shape index (κ3) is 9.47. The monoisotopic (exact) mass is 771 g/mol. The predicted octanol–water partition coefficient (Wildman–Crippen LogP) is 7.44. The normalized spacial score (nSPS) is 19.5. The fourth-order valence-corrected chi connectivity index (χ4v) is 8.86. The molecule has 1 amide bonds. The largest absolute Gasteiger partial charge is 0.474 e. The van der Waals surface area contributed by atoms with Crippen molar-refractivity contribution in [1.82, 2.24) is 14.8 Å². The third-order valence-electron chi connectivity index (χ3n) is 12.2. The standard InChI is InChI=1S/C46H57N7O4/c1-6-36-17-23-53(43-27-48-46-45(30(43)2)47-18-24-57-46)29-42(36)50-33(5)49-39-10-7-34(8-11-39)25-44(56)52-21-13-35(14-22-52)28-51-19-15-37(16-20-51)38-9-12-40(31(3)54)41(26-38)32(4)55/h6-12,26-27,35,37,47,49H,5,13-25,28-29H2,1-4H3/b36-6-,50-42-. The number of likely N-dealkylation sites (tertiary alicyclic amines) is 2. The van der Waals surface area contributed by atoms with Crippen LogP contribution in [0.15, 0.2) is 77.7 Å². The van der Waals surface area contributed by atoms with Gasteiger partial charge in [-0.2, -0.15) is 0 Å². The Bertz CT molecular complexity index is 2060. The van der Waals surface area contributed by atoms with Crippen molar-refractivity contribution in [1.29, 1.82) is 0 Å². The molecule has 3 aromatic rings. The number of fused-ring (bicyclic) bond motifs is 1. The van der Waals surface area contributed by atoms with Crippen LogP contribution < -0.4 is 20.3 Å². The fraction of sp³-hybridized carbons (Fsp3) is 0.457. The molecule has 0 aliphatic carbocycles. The Morgan fingerprint density at radius 2 is 1.72 bits per heavy atom. The van der Waals surface area contributed by atoms with Crippen LogP contribution >= 0.6 is 0 Å².